The standard InChI is InChI=1S/C16H13BrClNO2/c1-2-20-15-8-11(9-19)7-13(17)16(15)21-10-12-5-3-4-6-14(12)18/h3-8H,2,10H2,1H3. The summed E-state index contributed by atoms with van der Waals surface area (Å²) in [5, 5.41) is 9.66. The summed E-state index contributed by atoms with van der Waals surface area (Å²) in [6.07, 6.45) is 0. The number of nitriles is 1. The minimum absolute atomic E-state index is 0.324. The highest BCUT2D eigenvalue weighted by molar-refractivity contribution is 9.10. The van der Waals surface area contributed by atoms with Crippen molar-refractivity contribution in [2.24, 2.45) is 0 Å². The zero-order valence-corrected chi connectivity index (χ0v) is 13.7. The normalized spacial score (nSPS) is 10.0. The van der Waals surface area contributed by atoms with Crippen molar-refractivity contribution in [2.45, 2.75) is 13.5 Å². The molecule has 0 saturated heterocycles. The van der Waals surface area contributed by atoms with Gasteiger partial charge in [-0.1, -0.05) is 29.8 Å². The zero-order chi connectivity index (χ0) is 15.2. The van der Waals surface area contributed by atoms with Crippen LogP contribution in [0.5, 0.6) is 11.5 Å². The van der Waals surface area contributed by atoms with Crippen LogP contribution >= 0.6 is 27.5 Å². The molecule has 0 aliphatic carbocycles. The van der Waals surface area contributed by atoms with Crippen LogP contribution in [0.1, 0.15) is 18.1 Å². The quantitative estimate of drug-likeness (QED) is 0.751. The van der Waals surface area contributed by atoms with Gasteiger partial charge in [-0.2, -0.15) is 5.26 Å². The molecule has 5 heteroatoms. The van der Waals surface area contributed by atoms with Gasteiger partial charge >= 0.3 is 0 Å². The van der Waals surface area contributed by atoms with Gasteiger partial charge in [0.1, 0.15) is 6.61 Å². The summed E-state index contributed by atoms with van der Waals surface area (Å²) in [5.74, 6) is 1.10. The third kappa shape index (κ3) is 3.90. The molecule has 0 N–H and O–H groups in total. The van der Waals surface area contributed by atoms with E-state index in [1.807, 2.05) is 31.2 Å². The van der Waals surface area contributed by atoms with Crippen molar-refractivity contribution in [3.8, 4) is 17.6 Å². The van der Waals surface area contributed by atoms with Crippen LogP contribution in [-0.4, -0.2) is 6.61 Å². The number of nitrogens with zero attached hydrogens (tertiary/aromatic N) is 1. The summed E-state index contributed by atoms with van der Waals surface area (Å²) in [7, 11) is 0. The molecule has 3 nitrogen and oxygen atoms in total. The van der Waals surface area contributed by atoms with E-state index >= 15 is 0 Å². The van der Waals surface area contributed by atoms with Gasteiger partial charge in [-0.05, 0) is 35.0 Å². The van der Waals surface area contributed by atoms with Gasteiger partial charge in [0.05, 0.1) is 22.7 Å². The lowest BCUT2D eigenvalue weighted by atomic mass is 10.2. The summed E-state index contributed by atoms with van der Waals surface area (Å²) in [5.41, 5.74) is 1.40. The predicted molar refractivity (Wildman–Crippen MR) is 85.8 cm³/mol. The van der Waals surface area contributed by atoms with E-state index in [0.717, 1.165) is 5.56 Å². The molecular weight excluding hydrogens is 354 g/mol. The first-order valence-electron chi connectivity index (χ1n) is 6.38. The molecule has 0 amide bonds. The molecule has 21 heavy (non-hydrogen) atoms. The lowest BCUT2D eigenvalue weighted by molar-refractivity contribution is 0.267. The maximum Gasteiger partial charge on any atom is 0.175 e. The highest BCUT2D eigenvalue weighted by Gasteiger charge is 2.13. The Morgan fingerprint density at radius 2 is 2.00 bits per heavy atom. The van der Waals surface area contributed by atoms with Crippen LogP contribution in [0, 0.1) is 11.3 Å². The molecule has 0 heterocycles. The molecule has 2 aromatic rings. The molecule has 0 aromatic heterocycles. The van der Waals surface area contributed by atoms with Crippen LogP contribution in [0.15, 0.2) is 40.9 Å². The molecule has 0 saturated carbocycles. The Balaban J connectivity index is 2.27. The highest BCUT2D eigenvalue weighted by Crippen LogP contribution is 2.37. The predicted octanol–water partition coefficient (Wildman–Crippen LogP) is 4.95. The Bertz CT molecular complexity index is 682. The van der Waals surface area contributed by atoms with Gasteiger partial charge in [-0.25, -0.2) is 0 Å². The Morgan fingerprint density at radius 3 is 2.67 bits per heavy atom. The third-order valence-corrected chi connectivity index (χ3v) is 3.73. The van der Waals surface area contributed by atoms with Crippen molar-refractivity contribution in [1.82, 2.24) is 0 Å². The van der Waals surface area contributed by atoms with Crippen LogP contribution in [0.2, 0.25) is 5.02 Å². The Kier molecular flexibility index (Phi) is 5.49. The van der Waals surface area contributed by atoms with Gasteiger partial charge in [0, 0.05) is 16.7 Å². The van der Waals surface area contributed by atoms with Crippen LogP contribution < -0.4 is 9.47 Å². The summed E-state index contributed by atoms with van der Waals surface area (Å²) in [6.45, 7) is 2.69. The summed E-state index contributed by atoms with van der Waals surface area (Å²) in [6, 6.07) is 12.9. The summed E-state index contributed by atoms with van der Waals surface area (Å²) < 4.78 is 12.0. The first-order chi connectivity index (χ1) is 10.2. The molecule has 0 bridgehead atoms. The maximum atomic E-state index is 9.01. The second kappa shape index (κ2) is 7.35. The van der Waals surface area contributed by atoms with Crippen LogP contribution in [-0.2, 0) is 6.61 Å². The van der Waals surface area contributed by atoms with Gasteiger partial charge in [0.25, 0.3) is 0 Å². The maximum absolute atomic E-state index is 9.01. The molecule has 0 fully saturated rings. The number of hydrogen-bond donors (Lipinski definition) is 0. The van der Waals surface area contributed by atoms with E-state index in [0.29, 0.717) is 39.8 Å². The van der Waals surface area contributed by atoms with Gasteiger partial charge in [0.15, 0.2) is 11.5 Å². The third-order valence-electron chi connectivity index (χ3n) is 2.77. The molecule has 2 aromatic carbocycles. The fourth-order valence-corrected chi connectivity index (χ4v) is 2.55. The van der Waals surface area contributed by atoms with Crippen LogP contribution in [0.3, 0.4) is 0 Å². The van der Waals surface area contributed by atoms with E-state index in [-0.39, 0.29) is 0 Å². The lowest BCUT2D eigenvalue weighted by Gasteiger charge is -2.14. The van der Waals surface area contributed by atoms with Crippen molar-refractivity contribution in [1.29, 1.82) is 5.26 Å². The largest absolute Gasteiger partial charge is 0.490 e. The van der Waals surface area contributed by atoms with Crippen LogP contribution in [0.25, 0.3) is 0 Å². The first kappa shape index (κ1) is 15.7. The molecule has 0 aliphatic rings. The van der Waals surface area contributed by atoms with E-state index < -0.39 is 0 Å². The Morgan fingerprint density at radius 1 is 1.24 bits per heavy atom. The molecule has 0 spiro atoms. The first-order valence-corrected chi connectivity index (χ1v) is 7.55. The summed E-state index contributed by atoms with van der Waals surface area (Å²) in [4.78, 5) is 0. The second-order valence-corrected chi connectivity index (χ2v) is 5.47. The van der Waals surface area contributed by atoms with Gasteiger partial charge in [-0.3, -0.25) is 0 Å². The number of benzene rings is 2. The van der Waals surface area contributed by atoms with Gasteiger partial charge in [0.2, 0.25) is 0 Å². The monoisotopic (exact) mass is 365 g/mol. The Labute approximate surface area is 137 Å². The molecule has 0 radical (unpaired) electrons. The second-order valence-electron chi connectivity index (χ2n) is 4.21. The number of hydrogen-bond acceptors (Lipinski definition) is 3. The summed E-state index contributed by atoms with van der Waals surface area (Å²) >= 11 is 9.52. The van der Waals surface area contributed by atoms with E-state index in [2.05, 4.69) is 22.0 Å². The zero-order valence-electron chi connectivity index (χ0n) is 11.4. The molecule has 0 aliphatic heterocycles. The SMILES string of the molecule is CCOc1cc(C#N)cc(Br)c1OCc1ccccc1Cl. The smallest absolute Gasteiger partial charge is 0.175 e. The van der Waals surface area contributed by atoms with Crippen LogP contribution in [0.4, 0.5) is 0 Å². The molecule has 0 atom stereocenters. The molecule has 108 valence electrons. The van der Waals surface area contributed by atoms with E-state index in [4.69, 9.17) is 26.3 Å². The van der Waals surface area contributed by atoms with Crippen molar-refractivity contribution in [3.63, 3.8) is 0 Å². The molecule has 2 rings (SSSR count). The van der Waals surface area contributed by atoms with E-state index in [1.54, 1.807) is 12.1 Å². The van der Waals surface area contributed by atoms with Gasteiger partial charge in [-0.15, -0.1) is 0 Å². The molecular formula is C16H13BrClNO2. The van der Waals surface area contributed by atoms with Gasteiger partial charge < -0.3 is 9.47 Å². The van der Waals surface area contributed by atoms with Crippen molar-refractivity contribution in [3.05, 3.63) is 57.0 Å². The highest BCUT2D eigenvalue weighted by atomic mass is 79.9. The number of rotatable bonds is 5. The van der Waals surface area contributed by atoms with Crippen molar-refractivity contribution in [2.75, 3.05) is 6.61 Å². The topological polar surface area (TPSA) is 42.2 Å². The molecule has 0 unspecified atom stereocenters. The fraction of sp³-hybridized carbons (Fsp3) is 0.188. The average Bonchev–Trinajstić information content (AvgIpc) is 2.48. The Hall–Kier alpha value is -1.70. The number of ether oxygens (including phenoxy) is 2. The fourth-order valence-electron chi connectivity index (χ4n) is 1.80. The van der Waals surface area contributed by atoms with Crippen molar-refractivity contribution >= 4 is 27.5 Å². The minimum atomic E-state index is 0.324. The number of halogens is 2. The van der Waals surface area contributed by atoms with E-state index in [1.165, 1.54) is 0 Å². The lowest BCUT2D eigenvalue weighted by Crippen LogP contribution is -2.01. The van der Waals surface area contributed by atoms with E-state index in [9.17, 15) is 0 Å². The minimum Gasteiger partial charge on any atom is -0.490 e. The average molecular weight is 367 g/mol. The van der Waals surface area contributed by atoms with Crippen molar-refractivity contribution < 1.29 is 9.47 Å².